The number of hydrogen-bond acceptors (Lipinski definition) is 1. The first-order valence-electron chi connectivity index (χ1n) is 4.18. The third kappa shape index (κ3) is 1.30. The van der Waals surface area contributed by atoms with Gasteiger partial charge in [-0.3, -0.25) is 4.99 Å². The molecule has 1 heterocycles. The van der Waals surface area contributed by atoms with Crippen LogP contribution in [0.3, 0.4) is 0 Å². The van der Waals surface area contributed by atoms with Crippen molar-refractivity contribution in [1.29, 1.82) is 0 Å². The second-order valence-electron chi connectivity index (χ2n) is 3.06. The fourth-order valence-corrected chi connectivity index (χ4v) is 1.31. The highest BCUT2D eigenvalue weighted by Gasteiger charge is 2.06. The Morgan fingerprint density at radius 2 is 1.92 bits per heavy atom. The number of nitrogens with zero attached hydrogens (tertiary/aromatic N) is 1. The quantitative estimate of drug-likeness (QED) is 0.594. The van der Waals surface area contributed by atoms with Gasteiger partial charge in [-0.25, -0.2) is 0 Å². The summed E-state index contributed by atoms with van der Waals surface area (Å²) in [5.74, 6) is 0.486. The van der Waals surface area contributed by atoms with Crippen LogP contribution < -0.4 is 0 Å². The molecule has 1 aliphatic rings. The first kappa shape index (κ1) is 7.29. The van der Waals surface area contributed by atoms with Gasteiger partial charge in [-0.15, -0.1) is 0 Å². The average Bonchev–Trinajstić information content (AvgIpc) is 2.54. The van der Waals surface area contributed by atoms with E-state index in [1.165, 1.54) is 5.56 Å². The number of hydrogen-bond donors (Lipinski definition) is 0. The molecule has 1 atom stereocenters. The Morgan fingerprint density at radius 1 is 1.17 bits per heavy atom. The number of benzene rings is 1. The smallest absolute Gasteiger partial charge is 0.0664 e. The predicted octanol–water partition coefficient (Wildman–Crippen LogP) is 2.75. The van der Waals surface area contributed by atoms with Crippen LogP contribution in [0.25, 0.3) is 5.70 Å². The molecule has 1 heteroatoms. The summed E-state index contributed by atoms with van der Waals surface area (Å²) in [7, 11) is 0. The van der Waals surface area contributed by atoms with Crippen LogP contribution in [0.5, 0.6) is 0 Å². The molecule has 0 amide bonds. The molecular weight excluding hydrogens is 146 g/mol. The van der Waals surface area contributed by atoms with Gasteiger partial charge in [0, 0.05) is 12.1 Å². The molecule has 1 unspecified atom stereocenters. The van der Waals surface area contributed by atoms with Gasteiger partial charge in [0.1, 0.15) is 0 Å². The number of rotatable bonds is 1. The van der Waals surface area contributed by atoms with E-state index in [9.17, 15) is 0 Å². The molecule has 0 bridgehead atoms. The molecule has 0 saturated carbocycles. The fourth-order valence-electron chi connectivity index (χ4n) is 1.31. The van der Waals surface area contributed by atoms with Crippen LogP contribution in [0, 0.1) is 5.92 Å². The van der Waals surface area contributed by atoms with Crippen LogP contribution in [-0.4, -0.2) is 6.21 Å². The van der Waals surface area contributed by atoms with Gasteiger partial charge >= 0.3 is 0 Å². The molecule has 12 heavy (non-hydrogen) atoms. The lowest BCUT2D eigenvalue weighted by Crippen LogP contribution is -1.82. The summed E-state index contributed by atoms with van der Waals surface area (Å²) in [6, 6.07) is 10.3. The van der Waals surface area contributed by atoms with Crippen molar-refractivity contribution in [3.8, 4) is 0 Å². The summed E-state index contributed by atoms with van der Waals surface area (Å²) in [5, 5.41) is 0. The zero-order chi connectivity index (χ0) is 8.39. The van der Waals surface area contributed by atoms with Crippen LogP contribution in [0.4, 0.5) is 0 Å². The molecule has 1 aliphatic heterocycles. The molecule has 0 aliphatic carbocycles. The first-order valence-corrected chi connectivity index (χ1v) is 4.18. The summed E-state index contributed by atoms with van der Waals surface area (Å²) in [5.41, 5.74) is 2.31. The molecular formula is C11H11N. The molecule has 1 nitrogen and oxygen atoms in total. The second kappa shape index (κ2) is 2.94. The molecule has 0 radical (unpaired) electrons. The largest absolute Gasteiger partial charge is 0.260 e. The fraction of sp³-hybridized carbons (Fsp3) is 0.182. The van der Waals surface area contributed by atoms with Crippen molar-refractivity contribution in [2.24, 2.45) is 10.9 Å². The molecule has 2 rings (SSSR count). The molecule has 0 saturated heterocycles. The van der Waals surface area contributed by atoms with Crippen molar-refractivity contribution >= 4 is 11.9 Å². The van der Waals surface area contributed by atoms with E-state index in [1.54, 1.807) is 0 Å². The van der Waals surface area contributed by atoms with E-state index in [2.05, 4.69) is 30.1 Å². The monoisotopic (exact) mass is 157 g/mol. The summed E-state index contributed by atoms with van der Waals surface area (Å²) in [4.78, 5) is 4.32. The number of aliphatic imine (C=N–C) groups is 1. The molecule has 1 aromatic carbocycles. The first-order chi connectivity index (χ1) is 5.86. The minimum atomic E-state index is 0.486. The van der Waals surface area contributed by atoms with E-state index >= 15 is 0 Å². The van der Waals surface area contributed by atoms with E-state index in [-0.39, 0.29) is 0 Å². The summed E-state index contributed by atoms with van der Waals surface area (Å²) >= 11 is 0. The maximum Gasteiger partial charge on any atom is 0.0664 e. The van der Waals surface area contributed by atoms with Crippen molar-refractivity contribution in [3.05, 3.63) is 42.0 Å². The standard InChI is InChI=1S/C11H11N/c1-9-7-11(12-8-9)10-5-3-2-4-6-10/h2-9H,1H3. The Balaban J connectivity index is 2.34. The zero-order valence-electron chi connectivity index (χ0n) is 7.07. The van der Waals surface area contributed by atoms with Crippen molar-refractivity contribution in [2.45, 2.75) is 6.92 Å². The number of allylic oxidation sites excluding steroid dienone is 1. The normalized spacial score (nSPS) is 21.1. The van der Waals surface area contributed by atoms with Gasteiger partial charge in [-0.05, 0) is 11.6 Å². The second-order valence-corrected chi connectivity index (χ2v) is 3.06. The maximum absolute atomic E-state index is 4.32. The van der Waals surface area contributed by atoms with Crippen molar-refractivity contribution in [3.63, 3.8) is 0 Å². The Labute approximate surface area is 72.5 Å². The van der Waals surface area contributed by atoms with Crippen LogP contribution in [0.15, 0.2) is 41.4 Å². The van der Waals surface area contributed by atoms with Gasteiger partial charge in [0.15, 0.2) is 0 Å². The van der Waals surface area contributed by atoms with E-state index in [4.69, 9.17) is 0 Å². The summed E-state index contributed by atoms with van der Waals surface area (Å²) in [6.45, 7) is 2.14. The Hall–Kier alpha value is -1.37. The van der Waals surface area contributed by atoms with E-state index in [0.717, 1.165) is 5.70 Å². The molecule has 0 aromatic heterocycles. The van der Waals surface area contributed by atoms with Crippen LogP contribution in [-0.2, 0) is 0 Å². The highest BCUT2D eigenvalue weighted by Crippen LogP contribution is 2.21. The minimum absolute atomic E-state index is 0.486. The van der Waals surface area contributed by atoms with Crippen molar-refractivity contribution < 1.29 is 0 Å². The SMILES string of the molecule is CC1C=NC(c2ccccc2)=C1. The van der Waals surface area contributed by atoms with Gasteiger partial charge in [0.05, 0.1) is 5.70 Å². The highest BCUT2D eigenvalue weighted by molar-refractivity contribution is 5.82. The van der Waals surface area contributed by atoms with Gasteiger partial charge < -0.3 is 0 Å². The molecule has 60 valence electrons. The van der Waals surface area contributed by atoms with Gasteiger partial charge in [-0.2, -0.15) is 0 Å². The third-order valence-corrected chi connectivity index (χ3v) is 1.94. The van der Waals surface area contributed by atoms with Crippen molar-refractivity contribution in [2.75, 3.05) is 0 Å². The topological polar surface area (TPSA) is 12.4 Å². The molecule has 0 spiro atoms. The molecule has 1 aromatic rings. The van der Waals surface area contributed by atoms with E-state index in [1.807, 2.05) is 24.4 Å². The van der Waals surface area contributed by atoms with E-state index < -0.39 is 0 Å². The lowest BCUT2D eigenvalue weighted by atomic mass is 10.1. The van der Waals surface area contributed by atoms with Crippen LogP contribution in [0.2, 0.25) is 0 Å². The van der Waals surface area contributed by atoms with Crippen LogP contribution in [0.1, 0.15) is 12.5 Å². The summed E-state index contributed by atoms with van der Waals surface area (Å²) in [6.07, 6.45) is 4.15. The lowest BCUT2D eigenvalue weighted by molar-refractivity contribution is 1.05. The summed E-state index contributed by atoms with van der Waals surface area (Å²) < 4.78 is 0. The van der Waals surface area contributed by atoms with Gasteiger partial charge in [0.2, 0.25) is 0 Å². The Bertz CT molecular complexity index is 322. The molecule has 0 fully saturated rings. The maximum atomic E-state index is 4.32. The van der Waals surface area contributed by atoms with Gasteiger partial charge in [-0.1, -0.05) is 37.3 Å². The van der Waals surface area contributed by atoms with Gasteiger partial charge in [0.25, 0.3) is 0 Å². The molecule has 0 N–H and O–H groups in total. The van der Waals surface area contributed by atoms with Crippen LogP contribution >= 0.6 is 0 Å². The van der Waals surface area contributed by atoms with E-state index in [0.29, 0.717) is 5.92 Å². The third-order valence-electron chi connectivity index (χ3n) is 1.94. The Kier molecular flexibility index (Phi) is 1.78. The Morgan fingerprint density at radius 3 is 2.50 bits per heavy atom. The zero-order valence-corrected chi connectivity index (χ0v) is 7.07. The van der Waals surface area contributed by atoms with Crippen molar-refractivity contribution in [1.82, 2.24) is 0 Å². The highest BCUT2D eigenvalue weighted by atomic mass is 14.8. The lowest BCUT2D eigenvalue weighted by Gasteiger charge is -1.96. The average molecular weight is 157 g/mol. The predicted molar refractivity (Wildman–Crippen MR) is 52.1 cm³/mol. The minimum Gasteiger partial charge on any atom is -0.260 e.